The number of amides is 1. The van der Waals surface area contributed by atoms with E-state index in [1.807, 2.05) is 48.5 Å². The van der Waals surface area contributed by atoms with Crippen molar-refractivity contribution in [1.82, 2.24) is 0 Å². The highest BCUT2D eigenvalue weighted by Crippen LogP contribution is 2.34. The molecule has 0 fully saturated rings. The molecular formula is C23H16N2O3S. The third-order valence-electron chi connectivity index (χ3n) is 4.53. The van der Waals surface area contributed by atoms with Crippen LogP contribution < -0.4 is 9.64 Å². The number of nitrogens with zero attached hydrogens (tertiary/aromatic N) is 2. The highest BCUT2D eigenvalue weighted by molar-refractivity contribution is 8.00. The highest BCUT2D eigenvalue weighted by Gasteiger charge is 2.26. The molecule has 3 aromatic carbocycles. The molecule has 0 saturated carbocycles. The fraction of sp³-hybridized carbons (Fsp3) is 0.0870. The highest BCUT2D eigenvalue weighted by atomic mass is 32.2. The van der Waals surface area contributed by atoms with E-state index in [1.54, 1.807) is 24.3 Å². The van der Waals surface area contributed by atoms with Crippen LogP contribution in [0.3, 0.4) is 0 Å². The van der Waals surface area contributed by atoms with Crippen LogP contribution in [-0.4, -0.2) is 24.2 Å². The maximum absolute atomic E-state index is 12.4. The summed E-state index contributed by atoms with van der Waals surface area (Å²) >= 11 is 1.47. The van der Waals surface area contributed by atoms with E-state index in [9.17, 15) is 9.59 Å². The van der Waals surface area contributed by atoms with Crippen molar-refractivity contribution in [3.63, 3.8) is 0 Å². The largest absolute Gasteiger partial charge is 0.425 e. The van der Waals surface area contributed by atoms with E-state index in [2.05, 4.69) is 6.07 Å². The number of para-hydroxylation sites is 1. The second kappa shape index (κ2) is 8.21. The smallest absolute Gasteiger partial charge is 0.331 e. The Labute approximate surface area is 172 Å². The van der Waals surface area contributed by atoms with Crippen LogP contribution in [0.5, 0.6) is 5.75 Å². The number of anilines is 1. The molecule has 0 spiro atoms. The van der Waals surface area contributed by atoms with E-state index >= 15 is 0 Å². The first-order valence-corrected chi connectivity index (χ1v) is 9.96. The second-order valence-electron chi connectivity index (χ2n) is 6.42. The first kappa shape index (κ1) is 18.8. The average Bonchev–Trinajstić information content (AvgIpc) is 2.76. The number of carbonyl (C=O) groups excluding carboxylic acids is 2. The fourth-order valence-corrected chi connectivity index (χ4v) is 4.01. The molecule has 0 N–H and O–H groups in total. The maximum Gasteiger partial charge on any atom is 0.331 e. The summed E-state index contributed by atoms with van der Waals surface area (Å²) in [5.41, 5.74) is 3.26. The lowest BCUT2D eigenvalue weighted by atomic mass is 10.0. The topological polar surface area (TPSA) is 70.4 Å². The van der Waals surface area contributed by atoms with E-state index in [0.717, 1.165) is 21.7 Å². The van der Waals surface area contributed by atoms with Gasteiger partial charge in [0.2, 0.25) is 5.91 Å². The Bertz CT molecular complexity index is 1100. The van der Waals surface area contributed by atoms with Gasteiger partial charge in [0.25, 0.3) is 0 Å². The minimum atomic E-state index is -0.494. The Morgan fingerprint density at radius 2 is 1.66 bits per heavy atom. The number of benzene rings is 3. The normalized spacial score (nSPS) is 12.8. The van der Waals surface area contributed by atoms with Gasteiger partial charge in [-0.2, -0.15) is 5.26 Å². The van der Waals surface area contributed by atoms with Crippen LogP contribution in [0, 0.1) is 11.3 Å². The van der Waals surface area contributed by atoms with E-state index < -0.39 is 5.97 Å². The Kier molecular flexibility index (Phi) is 5.32. The molecule has 3 aromatic rings. The number of hydrogen-bond acceptors (Lipinski definition) is 5. The van der Waals surface area contributed by atoms with E-state index in [0.29, 0.717) is 17.1 Å². The molecule has 1 aliphatic rings. The standard InChI is InChI=1S/C23H16N2O3S/c24-13-16-5-7-17(8-6-16)18-9-11-19(12-10-18)28-23(27)14-25-20-3-1-2-4-21(20)29-15-22(25)26/h1-12H,14-15H2. The number of ether oxygens (including phenoxy) is 1. The summed E-state index contributed by atoms with van der Waals surface area (Å²) in [5.74, 6) is 0.122. The van der Waals surface area contributed by atoms with Crippen LogP contribution >= 0.6 is 11.8 Å². The lowest BCUT2D eigenvalue weighted by Gasteiger charge is -2.27. The molecule has 0 unspecified atom stereocenters. The van der Waals surface area contributed by atoms with Crippen molar-refractivity contribution in [2.45, 2.75) is 4.90 Å². The van der Waals surface area contributed by atoms with E-state index in [1.165, 1.54) is 16.7 Å². The van der Waals surface area contributed by atoms with Crippen LogP contribution in [0.15, 0.2) is 77.7 Å². The van der Waals surface area contributed by atoms with Crippen molar-refractivity contribution in [3.05, 3.63) is 78.4 Å². The molecule has 0 aromatic heterocycles. The van der Waals surface area contributed by atoms with Gasteiger partial charge in [-0.25, -0.2) is 4.79 Å². The van der Waals surface area contributed by atoms with Crippen molar-refractivity contribution in [2.75, 3.05) is 17.2 Å². The number of rotatable bonds is 4. The zero-order valence-electron chi connectivity index (χ0n) is 15.4. The molecule has 1 amide bonds. The molecule has 0 aliphatic carbocycles. The lowest BCUT2D eigenvalue weighted by Crippen LogP contribution is -2.40. The molecule has 6 heteroatoms. The van der Waals surface area contributed by atoms with Crippen molar-refractivity contribution in [2.24, 2.45) is 0 Å². The van der Waals surface area contributed by atoms with E-state index in [-0.39, 0.29) is 12.5 Å². The third-order valence-corrected chi connectivity index (χ3v) is 5.58. The van der Waals surface area contributed by atoms with Crippen LogP contribution in [0.2, 0.25) is 0 Å². The molecule has 0 bridgehead atoms. The fourth-order valence-electron chi connectivity index (χ4n) is 3.07. The van der Waals surface area contributed by atoms with Gasteiger partial charge in [0.15, 0.2) is 0 Å². The zero-order valence-corrected chi connectivity index (χ0v) is 16.2. The third kappa shape index (κ3) is 4.15. The molecule has 5 nitrogen and oxygen atoms in total. The first-order valence-electron chi connectivity index (χ1n) is 8.97. The summed E-state index contributed by atoms with van der Waals surface area (Å²) in [6, 6.07) is 24.0. The van der Waals surface area contributed by atoms with Gasteiger partial charge in [0, 0.05) is 4.90 Å². The predicted octanol–water partition coefficient (Wildman–Crippen LogP) is 4.27. The van der Waals surface area contributed by atoms with Gasteiger partial charge in [-0.3, -0.25) is 9.69 Å². The maximum atomic E-state index is 12.4. The number of hydrogen-bond donors (Lipinski definition) is 0. The van der Waals surface area contributed by atoms with Gasteiger partial charge in [-0.05, 0) is 47.5 Å². The van der Waals surface area contributed by atoms with Gasteiger partial charge in [0.1, 0.15) is 12.3 Å². The average molecular weight is 400 g/mol. The molecule has 0 atom stereocenters. The molecular weight excluding hydrogens is 384 g/mol. The van der Waals surface area contributed by atoms with Crippen molar-refractivity contribution >= 4 is 29.3 Å². The van der Waals surface area contributed by atoms with Crippen molar-refractivity contribution in [3.8, 4) is 22.9 Å². The van der Waals surface area contributed by atoms with Crippen molar-refractivity contribution < 1.29 is 14.3 Å². The minimum Gasteiger partial charge on any atom is -0.425 e. The lowest BCUT2D eigenvalue weighted by molar-refractivity contribution is -0.134. The molecule has 1 aliphatic heterocycles. The summed E-state index contributed by atoms with van der Waals surface area (Å²) in [6.45, 7) is -0.131. The molecule has 29 heavy (non-hydrogen) atoms. The van der Waals surface area contributed by atoms with Gasteiger partial charge in [0.05, 0.1) is 23.1 Å². The number of carbonyl (C=O) groups is 2. The Balaban J connectivity index is 1.44. The number of nitriles is 1. The van der Waals surface area contributed by atoms with Crippen LogP contribution in [0.4, 0.5) is 5.69 Å². The van der Waals surface area contributed by atoms with E-state index in [4.69, 9.17) is 10.00 Å². The Morgan fingerprint density at radius 1 is 1.00 bits per heavy atom. The van der Waals surface area contributed by atoms with Crippen molar-refractivity contribution in [1.29, 1.82) is 5.26 Å². The minimum absolute atomic E-state index is 0.109. The predicted molar refractivity (Wildman–Crippen MR) is 112 cm³/mol. The number of fused-ring (bicyclic) bond motifs is 1. The Morgan fingerprint density at radius 3 is 2.34 bits per heavy atom. The van der Waals surface area contributed by atoms with Gasteiger partial charge >= 0.3 is 5.97 Å². The van der Waals surface area contributed by atoms with Gasteiger partial charge in [-0.1, -0.05) is 36.4 Å². The molecule has 142 valence electrons. The monoisotopic (exact) mass is 400 g/mol. The first-order chi connectivity index (χ1) is 14.1. The molecule has 0 saturated heterocycles. The summed E-state index contributed by atoms with van der Waals surface area (Å²) < 4.78 is 5.43. The Hall–Kier alpha value is -3.56. The summed E-state index contributed by atoms with van der Waals surface area (Å²) in [7, 11) is 0. The SMILES string of the molecule is N#Cc1ccc(-c2ccc(OC(=O)CN3C(=O)CSc4ccccc43)cc2)cc1. The summed E-state index contributed by atoms with van der Waals surface area (Å²) in [4.78, 5) is 27.1. The molecule has 1 heterocycles. The van der Waals surface area contributed by atoms with Crippen LogP contribution in [-0.2, 0) is 9.59 Å². The van der Waals surface area contributed by atoms with Crippen LogP contribution in [0.25, 0.3) is 11.1 Å². The summed E-state index contributed by atoms with van der Waals surface area (Å²) in [5, 5.41) is 8.88. The second-order valence-corrected chi connectivity index (χ2v) is 7.44. The van der Waals surface area contributed by atoms with Gasteiger partial charge < -0.3 is 4.74 Å². The molecule has 4 rings (SSSR count). The zero-order chi connectivity index (χ0) is 20.2. The molecule has 0 radical (unpaired) electrons. The summed E-state index contributed by atoms with van der Waals surface area (Å²) in [6.07, 6.45) is 0. The number of esters is 1. The quantitative estimate of drug-likeness (QED) is 0.483. The number of thioether (sulfide) groups is 1. The van der Waals surface area contributed by atoms with Crippen LogP contribution in [0.1, 0.15) is 5.56 Å². The van der Waals surface area contributed by atoms with Gasteiger partial charge in [-0.15, -0.1) is 11.8 Å².